The van der Waals surface area contributed by atoms with Crippen molar-refractivity contribution in [2.45, 2.75) is 32.9 Å². The summed E-state index contributed by atoms with van der Waals surface area (Å²) >= 11 is 0. The fourth-order valence-corrected chi connectivity index (χ4v) is 1.44. The van der Waals surface area contributed by atoms with Gasteiger partial charge in [-0.15, -0.1) is 0 Å². The van der Waals surface area contributed by atoms with E-state index >= 15 is 0 Å². The first-order chi connectivity index (χ1) is 8.90. The van der Waals surface area contributed by atoms with Crippen LogP contribution in [0.1, 0.15) is 24.9 Å². The maximum Gasteiger partial charge on any atom is 0.411 e. The summed E-state index contributed by atoms with van der Waals surface area (Å²) in [4.78, 5) is 8.39. The SMILES string of the molecule is CCCNc1cc(C)nc(CCOCC(F)(F)F)n1. The van der Waals surface area contributed by atoms with E-state index in [1.54, 1.807) is 6.07 Å². The second-order valence-corrected chi connectivity index (χ2v) is 4.16. The Bertz CT molecular complexity index is 396. The number of alkyl halides is 3. The number of aromatic nitrogens is 2. The van der Waals surface area contributed by atoms with Gasteiger partial charge in [0.1, 0.15) is 18.2 Å². The molecule has 108 valence electrons. The Labute approximate surface area is 110 Å². The molecule has 0 aliphatic carbocycles. The van der Waals surface area contributed by atoms with Crippen LogP contribution in [0.2, 0.25) is 0 Å². The lowest BCUT2D eigenvalue weighted by Gasteiger charge is -2.09. The van der Waals surface area contributed by atoms with Gasteiger partial charge in [0.15, 0.2) is 0 Å². The molecule has 0 radical (unpaired) electrons. The highest BCUT2D eigenvalue weighted by molar-refractivity contribution is 5.35. The van der Waals surface area contributed by atoms with E-state index in [9.17, 15) is 13.2 Å². The third kappa shape index (κ3) is 6.95. The zero-order valence-corrected chi connectivity index (χ0v) is 11.0. The van der Waals surface area contributed by atoms with Crippen molar-refractivity contribution < 1.29 is 17.9 Å². The fraction of sp³-hybridized carbons (Fsp3) is 0.667. The molecule has 0 spiro atoms. The van der Waals surface area contributed by atoms with E-state index in [0.717, 1.165) is 18.7 Å². The Morgan fingerprint density at radius 1 is 1.32 bits per heavy atom. The maximum atomic E-state index is 11.9. The molecule has 0 amide bonds. The van der Waals surface area contributed by atoms with Crippen molar-refractivity contribution in [3.05, 3.63) is 17.6 Å². The molecule has 4 nitrogen and oxygen atoms in total. The lowest BCUT2D eigenvalue weighted by atomic mass is 10.3. The molecule has 0 bridgehead atoms. The Kier molecular flexibility index (Phi) is 6.01. The Hall–Kier alpha value is -1.37. The number of nitrogens with one attached hydrogen (secondary N) is 1. The smallest absolute Gasteiger partial charge is 0.372 e. The molecule has 7 heteroatoms. The highest BCUT2D eigenvalue weighted by Crippen LogP contribution is 2.14. The summed E-state index contributed by atoms with van der Waals surface area (Å²) in [5, 5.41) is 3.12. The summed E-state index contributed by atoms with van der Waals surface area (Å²) in [7, 11) is 0. The highest BCUT2D eigenvalue weighted by Gasteiger charge is 2.27. The Balaban J connectivity index is 2.46. The van der Waals surface area contributed by atoms with Crippen molar-refractivity contribution in [1.29, 1.82) is 0 Å². The Morgan fingerprint density at radius 3 is 2.68 bits per heavy atom. The molecule has 19 heavy (non-hydrogen) atoms. The van der Waals surface area contributed by atoms with Crippen LogP contribution in [0.3, 0.4) is 0 Å². The second-order valence-electron chi connectivity index (χ2n) is 4.16. The van der Waals surface area contributed by atoms with Crippen LogP contribution in [0.25, 0.3) is 0 Å². The molecule has 0 fully saturated rings. The van der Waals surface area contributed by atoms with Crippen molar-refractivity contribution in [2.75, 3.05) is 25.1 Å². The van der Waals surface area contributed by atoms with Gasteiger partial charge in [0.05, 0.1) is 6.61 Å². The number of ether oxygens (including phenoxy) is 1. The van der Waals surface area contributed by atoms with Crippen molar-refractivity contribution in [3.63, 3.8) is 0 Å². The molecular formula is C12H18F3N3O. The van der Waals surface area contributed by atoms with E-state index in [1.165, 1.54) is 0 Å². The van der Waals surface area contributed by atoms with Crippen LogP contribution in [-0.2, 0) is 11.2 Å². The molecule has 0 saturated heterocycles. The van der Waals surface area contributed by atoms with Crippen molar-refractivity contribution in [2.24, 2.45) is 0 Å². The van der Waals surface area contributed by atoms with Gasteiger partial charge in [-0.05, 0) is 13.3 Å². The normalized spacial score (nSPS) is 11.6. The van der Waals surface area contributed by atoms with Gasteiger partial charge >= 0.3 is 6.18 Å². The van der Waals surface area contributed by atoms with Crippen molar-refractivity contribution in [3.8, 4) is 0 Å². The predicted octanol–water partition coefficient (Wildman–Crippen LogP) is 2.73. The average molecular weight is 277 g/mol. The van der Waals surface area contributed by atoms with Crippen molar-refractivity contribution in [1.82, 2.24) is 9.97 Å². The van der Waals surface area contributed by atoms with Gasteiger partial charge in [-0.2, -0.15) is 13.2 Å². The maximum absolute atomic E-state index is 11.9. The number of anilines is 1. The van der Waals surface area contributed by atoms with Gasteiger partial charge < -0.3 is 10.1 Å². The zero-order chi connectivity index (χ0) is 14.3. The van der Waals surface area contributed by atoms with Crippen LogP contribution in [0.5, 0.6) is 0 Å². The van der Waals surface area contributed by atoms with E-state index in [0.29, 0.717) is 11.6 Å². The van der Waals surface area contributed by atoms with E-state index in [1.807, 2.05) is 13.8 Å². The second kappa shape index (κ2) is 7.28. The molecule has 0 atom stereocenters. The first-order valence-corrected chi connectivity index (χ1v) is 6.13. The highest BCUT2D eigenvalue weighted by atomic mass is 19.4. The van der Waals surface area contributed by atoms with Crippen LogP contribution < -0.4 is 5.32 Å². The molecule has 1 rings (SSSR count). The largest absolute Gasteiger partial charge is 0.411 e. The fourth-order valence-electron chi connectivity index (χ4n) is 1.44. The third-order valence-electron chi connectivity index (χ3n) is 2.19. The lowest BCUT2D eigenvalue weighted by Crippen LogP contribution is -2.18. The minimum Gasteiger partial charge on any atom is -0.372 e. The van der Waals surface area contributed by atoms with E-state index in [-0.39, 0.29) is 13.0 Å². The lowest BCUT2D eigenvalue weighted by molar-refractivity contribution is -0.173. The quantitative estimate of drug-likeness (QED) is 0.778. The summed E-state index contributed by atoms with van der Waals surface area (Å²) in [5.41, 5.74) is 0.777. The molecule has 1 N–H and O–H groups in total. The molecule has 0 aromatic carbocycles. The van der Waals surface area contributed by atoms with Gasteiger partial charge in [-0.25, -0.2) is 9.97 Å². The molecule has 0 aliphatic rings. The molecule has 0 unspecified atom stereocenters. The standard InChI is InChI=1S/C12H18F3N3O/c1-3-5-16-11-7-9(2)17-10(18-11)4-6-19-8-12(13,14)15/h7H,3-6,8H2,1-2H3,(H,16,17,18). The average Bonchev–Trinajstić information content (AvgIpc) is 2.30. The summed E-state index contributed by atoms with van der Waals surface area (Å²) < 4.78 is 40.2. The number of nitrogens with zero attached hydrogens (tertiary/aromatic N) is 2. The Morgan fingerprint density at radius 2 is 2.05 bits per heavy atom. The molecule has 0 aliphatic heterocycles. The zero-order valence-electron chi connectivity index (χ0n) is 11.0. The number of hydrogen-bond donors (Lipinski definition) is 1. The van der Waals surface area contributed by atoms with Crippen LogP contribution >= 0.6 is 0 Å². The number of aryl methyl sites for hydroxylation is 1. The predicted molar refractivity (Wildman–Crippen MR) is 66.1 cm³/mol. The summed E-state index contributed by atoms with van der Waals surface area (Å²) in [6.07, 6.45) is -3.06. The number of rotatable bonds is 7. The van der Waals surface area contributed by atoms with Gasteiger partial charge in [0.2, 0.25) is 0 Å². The van der Waals surface area contributed by atoms with Gasteiger partial charge in [-0.3, -0.25) is 0 Å². The van der Waals surface area contributed by atoms with Crippen LogP contribution in [-0.4, -0.2) is 35.9 Å². The minimum absolute atomic E-state index is 0.0455. The van der Waals surface area contributed by atoms with Crippen LogP contribution in [0, 0.1) is 6.92 Å². The van der Waals surface area contributed by atoms with Gasteiger partial charge in [0, 0.05) is 24.7 Å². The topological polar surface area (TPSA) is 47.0 Å². The molecule has 1 heterocycles. The molecule has 1 aromatic heterocycles. The summed E-state index contributed by atoms with van der Waals surface area (Å²) in [6.45, 7) is 3.36. The third-order valence-corrected chi connectivity index (χ3v) is 2.19. The summed E-state index contributed by atoms with van der Waals surface area (Å²) in [6, 6.07) is 1.80. The van der Waals surface area contributed by atoms with E-state index in [4.69, 9.17) is 0 Å². The monoisotopic (exact) mass is 277 g/mol. The number of halogens is 3. The van der Waals surface area contributed by atoms with Crippen molar-refractivity contribution >= 4 is 5.82 Å². The number of hydrogen-bond acceptors (Lipinski definition) is 4. The van der Waals surface area contributed by atoms with Gasteiger partial charge in [0.25, 0.3) is 0 Å². The van der Waals surface area contributed by atoms with Crippen LogP contribution in [0.4, 0.5) is 19.0 Å². The first-order valence-electron chi connectivity index (χ1n) is 6.13. The van der Waals surface area contributed by atoms with Crippen LogP contribution in [0.15, 0.2) is 6.07 Å². The first kappa shape index (κ1) is 15.7. The molecule has 1 aromatic rings. The van der Waals surface area contributed by atoms with E-state index in [2.05, 4.69) is 20.0 Å². The minimum atomic E-state index is -4.29. The summed E-state index contributed by atoms with van der Waals surface area (Å²) in [5.74, 6) is 1.18. The van der Waals surface area contributed by atoms with E-state index < -0.39 is 12.8 Å². The molecular weight excluding hydrogens is 259 g/mol. The van der Waals surface area contributed by atoms with Gasteiger partial charge in [-0.1, -0.05) is 6.92 Å². The molecule has 0 saturated carbocycles.